The van der Waals surface area contributed by atoms with Crippen LogP contribution in [0.2, 0.25) is 0 Å². The second-order valence-corrected chi connectivity index (χ2v) is 23.8. The average Bonchev–Trinajstić information content (AvgIpc) is 0.829. The van der Waals surface area contributed by atoms with Gasteiger partial charge in [-0.05, 0) is 148 Å². The standard InChI is InChI=1S/C21H19FN.C19H16N.C18H14N.2C12H10N.C11H8N.3Ir/c1-15(2)12-19-13-17(8-9-20(19)22)18-10-11-23-21(14-18)16-6-4-3-5-7-16;1-2-15-13-19(17-11-7-4-8-12-17)20-14-18(15)16-9-5-3-6-10-16;1-14-12-18(16-10-6-3-7-11-16)19-13-17(14)15-8-4-2-5-9-15;2*1-10-7-8-12(13-9-10)11-5-3-2-4-6-11;1-2-6-10(7-3-1)11-8-4-5-9-12-11;;;/h3-6,8-11,13-15H,12H2,1-2H3;3-11,13-14H,2H2,1H3;2-10,12-13H,1H3;2*2-5,7-9H,1H3;1-6,8-9H;;;/q6*-1;;;. The third-order valence-corrected chi connectivity index (χ3v) is 15.8. The first-order chi connectivity index (χ1) is 49.0. The van der Waals surface area contributed by atoms with Crippen molar-refractivity contribution >= 4 is 0 Å². The molecule has 9 aromatic carbocycles. The Kier molecular flexibility index (Phi) is 33.3. The zero-order chi connectivity index (χ0) is 69.5. The predicted octanol–water partition coefficient (Wildman–Crippen LogP) is 23.1. The van der Waals surface area contributed by atoms with Gasteiger partial charge in [-0.1, -0.05) is 142 Å². The van der Waals surface area contributed by atoms with Crippen molar-refractivity contribution < 1.29 is 64.7 Å². The Bertz CT molecular complexity index is 4740. The summed E-state index contributed by atoms with van der Waals surface area (Å²) in [5.74, 6) is 0.291. The molecule has 15 rings (SSSR count). The Labute approximate surface area is 648 Å². The van der Waals surface area contributed by atoms with E-state index in [1.165, 1.54) is 44.5 Å². The number of pyridine rings is 6. The summed E-state index contributed by atoms with van der Waals surface area (Å²) in [4.78, 5) is 26.4. The molecule has 0 unspecified atom stereocenters. The van der Waals surface area contributed by atoms with E-state index in [-0.39, 0.29) is 66.1 Å². The Morgan fingerprint density at radius 2 is 0.689 bits per heavy atom. The van der Waals surface area contributed by atoms with E-state index in [1.54, 1.807) is 18.5 Å². The topological polar surface area (TPSA) is 77.3 Å². The molecule has 0 fully saturated rings. The van der Waals surface area contributed by atoms with Gasteiger partial charge in [-0.15, -0.1) is 215 Å². The van der Waals surface area contributed by atoms with Gasteiger partial charge < -0.3 is 29.9 Å². The minimum absolute atomic E-state index is 0. The zero-order valence-corrected chi connectivity index (χ0v) is 65.4. The summed E-state index contributed by atoms with van der Waals surface area (Å²) in [5.41, 5.74) is 24.5. The molecule has 6 aromatic heterocycles. The van der Waals surface area contributed by atoms with Crippen molar-refractivity contribution in [3.05, 3.63) is 398 Å². The quantitative estimate of drug-likeness (QED) is 0.113. The second kappa shape index (κ2) is 42.9. The molecule has 0 spiro atoms. The van der Waals surface area contributed by atoms with Gasteiger partial charge in [-0.25, -0.2) is 4.39 Å². The van der Waals surface area contributed by atoms with Crippen LogP contribution in [0.4, 0.5) is 4.39 Å². The summed E-state index contributed by atoms with van der Waals surface area (Å²) in [6.07, 6.45) is 13.0. The molecule has 0 N–H and O–H groups in total. The van der Waals surface area contributed by atoms with E-state index in [4.69, 9.17) is 0 Å². The second-order valence-electron chi connectivity index (χ2n) is 23.8. The van der Waals surface area contributed by atoms with Crippen molar-refractivity contribution in [3.8, 4) is 101 Å². The van der Waals surface area contributed by atoms with Gasteiger partial charge in [0.05, 0.1) is 0 Å². The number of nitrogens with zero attached hydrogens (tertiary/aromatic N) is 6. The number of hydrogen-bond donors (Lipinski definition) is 0. The molecule has 0 aliphatic carbocycles. The molecule has 6 nitrogen and oxygen atoms in total. The van der Waals surface area contributed by atoms with Crippen LogP contribution in [0, 0.1) is 68.9 Å². The first kappa shape index (κ1) is 80.1. The molecule has 15 aromatic rings. The van der Waals surface area contributed by atoms with Crippen molar-refractivity contribution in [1.29, 1.82) is 0 Å². The van der Waals surface area contributed by atoms with Crippen molar-refractivity contribution in [2.24, 2.45) is 5.92 Å². The largest absolute Gasteiger partial charge is 0.305 e. The Morgan fingerprint density at radius 1 is 0.311 bits per heavy atom. The summed E-state index contributed by atoms with van der Waals surface area (Å²) in [6, 6.07) is 115. The molecular weight excluding hydrogens is 1800 g/mol. The fraction of sp³-hybridized carbons (Fsp3) is 0.0968. The van der Waals surface area contributed by atoms with Gasteiger partial charge in [0, 0.05) is 109 Å². The zero-order valence-electron chi connectivity index (χ0n) is 58.2. The van der Waals surface area contributed by atoms with E-state index in [1.807, 2.05) is 263 Å². The van der Waals surface area contributed by atoms with Crippen LogP contribution < -0.4 is 0 Å². The Morgan fingerprint density at radius 3 is 1.09 bits per heavy atom. The summed E-state index contributed by atoms with van der Waals surface area (Å²) in [7, 11) is 0. The van der Waals surface area contributed by atoms with Crippen LogP contribution in [0.3, 0.4) is 0 Å². The summed E-state index contributed by atoms with van der Waals surface area (Å²) in [6.45, 7) is 12.6. The fourth-order valence-electron chi connectivity index (χ4n) is 10.6. The van der Waals surface area contributed by atoms with Crippen LogP contribution in [-0.4, -0.2) is 29.9 Å². The van der Waals surface area contributed by atoms with Crippen LogP contribution in [-0.2, 0) is 73.2 Å². The van der Waals surface area contributed by atoms with Crippen LogP contribution in [0.1, 0.15) is 48.6 Å². The minimum Gasteiger partial charge on any atom is -0.305 e. The number of aryl methyl sites for hydroxylation is 4. The normalized spacial score (nSPS) is 10.0. The monoisotopic (exact) mass is 1880 g/mol. The van der Waals surface area contributed by atoms with E-state index in [2.05, 4.69) is 155 Å². The van der Waals surface area contributed by atoms with E-state index >= 15 is 0 Å². The number of halogens is 1. The van der Waals surface area contributed by atoms with Gasteiger partial charge in [0.15, 0.2) is 0 Å². The van der Waals surface area contributed by atoms with Gasteiger partial charge in [0.25, 0.3) is 0 Å². The first-order valence-electron chi connectivity index (χ1n) is 33.4. The van der Waals surface area contributed by atoms with Gasteiger partial charge in [-0.2, -0.15) is 0 Å². The molecule has 6 heterocycles. The molecule has 0 amide bonds. The van der Waals surface area contributed by atoms with Crippen molar-refractivity contribution in [2.45, 2.75) is 54.4 Å². The molecule has 0 saturated heterocycles. The maximum absolute atomic E-state index is 14.0. The summed E-state index contributed by atoms with van der Waals surface area (Å²) < 4.78 is 14.0. The van der Waals surface area contributed by atoms with E-state index in [0.29, 0.717) is 5.92 Å². The van der Waals surface area contributed by atoms with Crippen molar-refractivity contribution in [3.63, 3.8) is 0 Å². The first-order valence-corrected chi connectivity index (χ1v) is 33.4. The van der Waals surface area contributed by atoms with Gasteiger partial charge in [0.1, 0.15) is 5.82 Å². The SMILES string of the molecule is CC(C)Cc1cc(-c2ccnc(-c3[c-]cccc3)c2)ccc1F.CCc1cc(-c2[c-]cccc2)ncc1-c1ccccc1.Cc1cc(-c2[c-]cccc2)ncc1-c1ccccc1.Cc1ccc(-c2[c-]cccc2)nc1.Cc1ccc(-c2[c-]cccc2)nc1.[Ir].[Ir].[Ir].[c-]1ccccc1-c1ccccn1. The Balaban J connectivity index is 0.000000175. The van der Waals surface area contributed by atoms with Gasteiger partial charge in [-0.3, -0.25) is 0 Å². The molecule has 0 aliphatic heterocycles. The Hall–Kier alpha value is -10.2. The number of rotatable bonds is 12. The fourth-order valence-corrected chi connectivity index (χ4v) is 10.6. The van der Waals surface area contributed by atoms with Crippen molar-refractivity contribution in [1.82, 2.24) is 29.9 Å². The maximum Gasteiger partial charge on any atom is 0.126 e. The van der Waals surface area contributed by atoms with Crippen LogP contribution >= 0.6 is 0 Å². The molecule has 0 aliphatic rings. The van der Waals surface area contributed by atoms with Crippen LogP contribution in [0.15, 0.2) is 328 Å². The number of hydrogen-bond acceptors (Lipinski definition) is 6. The molecule has 10 heteroatoms. The number of aromatic nitrogens is 6. The van der Waals surface area contributed by atoms with Crippen LogP contribution in [0.5, 0.6) is 0 Å². The maximum atomic E-state index is 14.0. The molecule has 0 bridgehead atoms. The summed E-state index contributed by atoms with van der Waals surface area (Å²) >= 11 is 0. The van der Waals surface area contributed by atoms with Gasteiger partial charge in [0.2, 0.25) is 0 Å². The molecule has 3 radical (unpaired) electrons. The third kappa shape index (κ3) is 24.8. The smallest absolute Gasteiger partial charge is 0.126 e. The molecule has 519 valence electrons. The molecular formula is C93H77FIr3N6-6. The van der Waals surface area contributed by atoms with E-state index in [0.717, 1.165) is 97.1 Å². The van der Waals surface area contributed by atoms with E-state index < -0.39 is 0 Å². The third-order valence-electron chi connectivity index (χ3n) is 15.8. The summed E-state index contributed by atoms with van der Waals surface area (Å²) in [5, 5.41) is 0. The molecule has 0 saturated carbocycles. The van der Waals surface area contributed by atoms with Gasteiger partial charge >= 0.3 is 0 Å². The average molecular weight is 1870 g/mol. The molecule has 103 heavy (non-hydrogen) atoms. The van der Waals surface area contributed by atoms with Crippen molar-refractivity contribution in [2.75, 3.05) is 0 Å². The minimum atomic E-state index is -0.131. The van der Waals surface area contributed by atoms with Crippen LogP contribution in [0.25, 0.3) is 101 Å². The van der Waals surface area contributed by atoms with E-state index in [9.17, 15) is 4.39 Å². The number of benzene rings is 9. The molecule has 0 atom stereocenters. The predicted molar refractivity (Wildman–Crippen MR) is 409 cm³/mol.